The average molecular weight is 259 g/mol. The number of halogens is 2. The van der Waals surface area contributed by atoms with Crippen LogP contribution in [0.1, 0.15) is 39.0 Å². The van der Waals surface area contributed by atoms with E-state index in [-0.39, 0.29) is 30.8 Å². The Morgan fingerprint density at radius 3 is 2.56 bits per heavy atom. The van der Waals surface area contributed by atoms with Crippen molar-refractivity contribution < 1.29 is 13.6 Å². The van der Waals surface area contributed by atoms with Gasteiger partial charge in [-0.1, -0.05) is 0 Å². The lowest BCUT2D eigenvalue weighted by Gasteiger charge is -2.35. The van der Waals surface area contributed by atoms with Gasteiger partial charge in [-0.2, -0.15) is 5.10 Å². The van der Waals surface area contributed by atoms with E-state index in [9.17, 15) is 13.6 Å². The van der Waals surface area contributed by atoms with Crippen LogP contribution < -0.4 is 5.43 Å². The van der Waals surface area contributed by atoms with Crippen LogP contribution in [-0.4, -0.2) is 41.6 Å². The van der Waals surface area contributed by atoms with Crippen LogP contribution in [0.25, 0.3) is 0 Å². The third-order valence-corrected chi connectivity index (χ3v) is 3.79. The first-order valence-electron chi connectivity index (χ1n) is 6.32. The summed E-state index contributed by atoms with van der Waals surface area (Å²) in [5.74, 6) is -2.60. The molecule has 0 aromatic rings. The van der Waals surface area contributed by atoms with E-state index in [0.717, 1.165) is 5.71 Å². The smallest absolute Gasteiger partial charge is 0.248 e. The number of hydrogen-bond acceptors (Lipinski definition) is 3. The first-order valence-corrected chi connectivity index (χ1v) is 6.32. The number of likely N-dealkylation sites (N-methyl/N-ethyl adjacent to an activating group) is 1. The van der Waals surface area contributed by atoms with E-state index >= 15 is 0 Å². The minimum absolute atomic E-state index is 0.0502. The molecule has 0 saturated heterocycles. The highest BCUT2D eigenvalue weighted by molar-refractivity contribution is 5.92. The highest BCUT2D eigenvalue weighted by Gasteiger charge is 2.38. The standard InChI is InChI=1S/C12H19F2N3O/c1-8-7-10(16-15-8)11(18)17(2)9-3-5-12(13,14)6-4-9/h9-10,16H,3-7H2,1-2H3. The summed E-state index contributed by atoms with van der Waals surface area (Å²) in [6.07, 6.45) is 1.11. The van der Waals surface area contributed by atoms with E-state index in [4.69, 9.17) is 0 Å². The summed E-state index contributed by atoms with van der Waals surface area (Å²) in [4.78, 5) is 13.8. The van der Waals surface area contributed by atoms with Crippen LogP contribution in [0.4, 0.5) is 8.78 Å². The molecule has 1 unspecified atom stereocenters. The van der Waals surface area contributed by atoms with Crippen molar-refractivity contribution >= 4 is 11.6 Å². The Hall–Kier alpha value is -1.20. The largest absolute Gasteiger partial charge is 0.341 e. The van der Waals surface area contributed by atoms with Gasteiger partial charge in [-0.15, -0.1) is 0 Å². The molecule has 0 aromatic heterocycles. The molecule has 2 rings (SSSR count). The summed E-state index contributed by atoms with van der Waals surface area (Å²) >= 11 is 0. The Morgan fingerprint density at radius 2 is 2.06 bits per heavy atom. The molecule has 1 heterocycles. The molecule has 1 N–H and O–H groups in total. The van der Waals surface area contributed by atoms with Crippen LogP contribution in [0.15, 0.2) is 5.10 Å². The fraction of sp³-hybridized carbons (Fsp3) is 0.833. The van der Waals surface area contributed by atoms with Gasteiger partial charge in [-0.05, 0) is 19.8 Å². The average Bonchev–Trinajstić information content (AvgIpc) is 2.74. The Kier molecular flexibility index (Phi) is 3.54. The zero-order chi connectivity index (χ0) is 13.3. The third kappa shape index (κ3) is 2.79. The number of amides is 1. The van der Waals surface area contributed by atoms with Crippen molar-refractivity contribution in [2.24, 2.45) is 5.10 Å². The second kappa shape index (κ2) is 4.82. The Labute approximate surface area is 105 Å². The van der Waals surface area contributed by atoms with E-state index in [0.29, 0.717) is 19.3 Å². The molecule has 1 fully saturated rings. The molecule has 0 bridgehead atoms. The fourth-order valence-corrected chi connectivity index (χ4v) is 2.56. The van der Waals surface area contributed by atoms with Crippen LogP contribution in [0, 0.1) is 0 Å². The number of alkyl halides is 2. The Bertz CT molecular complexity index is 360. The van der Waals surface area contributed by atoms with E-state index in [1.54, 1.807) is 11.9 Å². The quantitative estimate of drug-likeness (QED) is 0.821. The second-order valence-corrected chi connectivity index (χ2v) is 5.27. The predicted molar refractivity (Wildman–Crippen MR) is 64.6 cm³/mol. The van der Waals surface area contributed by atoms with Crippen LogP contribution in [-0.2, 0) is 4.79 Å². The third-order valence-electron chi connectivity index (χ3n) is 3.79. The zero-order valence-corrected chi connectivity index (χ0v) is 10.7. The van der Waals surface area contributed by atoms with Gasteiger partial charge < -0.3 is 4.90 Å². The Balaban J connectivity index is 1.88. The van der Waals surface area contributed by atoms with Crippen molar-refractivity contribution in [1.29, 1.82) is 0 Å². The molecule has 1 saturated carbocycles. The summed E-state index contributed by atoms with van der Waals surface area (Å²) in [6, 6.07) is -0.391. The summed E-state index contributed by atoms with van der Waals surface area (Å²) in [5.41, 5.74) is 3.69. The van der Waals surface area contributed by atoms with Gasteiger partial charge in [0, 0.05) is 38.1 Å². The summed E-state index contributed by atoms with van der Waals surface area (Å²) in [5, 5.41) is 3.99. The van der Waals surface area contributed by atoms with Gasteiger partial charge in [0.15, 0.2) is 0 Å². The summed E-state index contributed by atoms with van der Waals surface area (Å²) < 4.78 is 26.1. The molecular weight excluding hydrogens is 240 g/mol. The minimum Gasteiger partial charge on any atom is -0.341 e. The summed E-state index contributed by atoms with van der Waals surface area (Å²) in [7, 11) is 1.70. The highest BCUT2D eigenvalue weighted by Crippen LogP contribution is 2.34. The van der Waals surface area contributed by atoms with Gasteiger partial charge in [0.25, 0.3) is 0 Å². The zero-order valence-electron chi connectivity index (χ0n) is 10.7. The maximum atomic E-state index is 13.1. The summed E-state index contributed by atoms with van der Waals surface area (Å²) in [6.45, 7) is 1.86. The minimum atomic E-state index is -2.55. The molecule has 1 aliphatic heterocycles. The fourth-order valence-electron chi connectivity index (χ4n) is 2.56. The lowest BCUT2D eigenvalue weighted by molar-refractivity contribution is -0.136. The van der Waals surface area contributed by atoms with E-state index in [2.05, 4.69) is 10.5 Å². The number of hydrazone groups is 1. The van der Waals surface area contributed by atoms with E-state index in [1.807, 2.05) is 6.92 Å². The van der Waals surface area contributed by atoms with Crippen molar-refractivity contribution in [3.05, 3.63) is 0 Å². The maximum absolute atomic E-state index is 13.1. The Morgan fingerprint density at radius 1 is 1.44 bits per heavy atom. The molecule has 18 heavy (non-hydrogen) atoms. The second-order valence-electron chi connectivity index (χ2n) is 5.27. The molecule has 1 amide bonds. The lowest BCUT2D eigenvalue weighted by atomic mass is 9.91. The van der Waals surface area contributed by atoms with Crippen molar-refractivity contribution in [3.8, 4) is 0 Å². The number of nitrogens with one attached hydrogen (secondary N) is 1. The van der Waals surface area contributed by atoms with Crippen molar-refractivity contribution in [2.45, 2.75) is 57.0 Å². The lowest BCUT2D eigenvalue weighted by Crippen LogP contribution is -2.48. The van der Waals surface area contributed by atoms with Gasteiger partial charge in [0.1, 0.15) is 6.04 Å². The van der Waals surface area contributed by atoms with E-state index < -0.39 is 5.92 Å². The molecule has 4 nitrogen and oxygen atoms in total. The van der Waals surface area contributed by atoms with Gasteiger partial charge in [0.05, 0.1) is 0 Å². The number of hydrogen-bond donors (Lipinski definition) is 1. The van der Waals surface area contributed by atoms with Gasteiger partial charge >= 0.3 is 0 Å². The molecule has 0 aromatic carbocycles. The molecule has 6 heteroatoms. The van der Waals surface area contributed by atoms with Gasteiger partial charge in [-0.25, -0.2) is 8.78 Å². The number of carbonyl (C=O) groups excluding carboxylic acids is 1. The molecule has 1 atom stereocenters. The predicted octanol–water partition coefficient (Wildman–Crippen LogP) is 1.76. The molecule has 102 valence electrons. The van der Waals surface area contributed by atoms with Crippen LogP contribution in [0.5, 0.6) is 0 Å². The molecule has 1 aliphatic carbocycles. The van der Waals surface area contributed by atoms with Crippen molar-refractivity contribution in [3.63, 3.8) is 0 Å². The molecule has 0 spiro atoms. The van der Waals surface area contributed by atoms with Gasteiger partial charge in [-0.3, -0.25) is 10.2 Å². The van der Waals surface area contributed by atoms with Crippen LogP contribution in [0.2, 0.25) is 0 Å². The first kappa shape index (κ1) is 13.2. The van der Waals surface area contributed by atoms with Crippen molar-refractivity contribution in [2.75, 3.05) is 7.05 Å². The SMILES string of the molecule is CC1=NNC(C(=O)N(C)C2CCC(F)(F)CC2)C1. The number of rotatable bonds is 2. The van der Waals surface area contributed by atoms with Crippen molar-refractivity contribution in [1.82, 2.24) is 10.3 Å². The highest BCUT2D eigenvalue weighted by atomic mass is 19.3. The molecule has 2 aliphatic rings. The molecule has 0 radical (unpaired) electrons. The van der Waals surface area contributed by atoms with E-state index in [1.165, 1.54) is 0 Å². The van der Waals surface area contributed by atoms with Crippen LogP contribution in [0.3, 0.4) is 0 Å². The number of carbonyl (C=O) groups is 1. The monoisotopic (exact) mass is 259 g/mol. The first-order chi connectivity index (χ1) is 8.39. The number of nitrogens with zero attached hydrogens (tertiary/aromatic N) is 2. The topological polar surface area (TPSA) is 44.7 Å². The van der Waals surface area contributed by atoms with Crippen LogP contribution >= 0.6 is 0 Å². The van der Waals surface area contributed by atoms with Gasteiger partial charge in [0.2, 0.25) is 11.8 Å². The molecular formula is C12H19F2N3O. The maximum Gasteiger partial charge on any atom is 0.248 e. The normalized spacial score (nSPS) is 27.6.